The van der Waals surface area contributed by atoms with E-state index in [1.54, 1.807) is 0 Å². The van der Waals surface area contributed by atoms with Gasteiger partial charge in [-0.2, -0.15) is 16.8 Å². The van der Waals surface area contributed by atoms with E-state index in [-0.39, 0.29) is 23.0 Å². The van der Waals surface area contributed by atoms with Crippen LogP contribution in [0.25, 0.3) is 9.81 Å². The fraction of sp³-hybridized carbons (Fsp3) is 0. The molecule has 16 heteroatoms. The SMILES string of the molecule is O=S(=O)(O)C(=C(c1ccc(Nc2ncncn2)cc1)S(=O)(=O)O)c1ccc(Nc2ncncn2)cc1. The predicted octanol–water partition coefficient (Wildman–Crippen LogP) is 2.15. The van der Waals surface area contributed by atoms with Gasteiger partial charge in [0.25, 0.3) is 20.2 Å². The standard InChI is InChI=1S/C20H16N8O6S2/c29-35(30,31)17(13-1-5-15(6-2-13)27-19-23-9-21-10-24-19)18(36(32,33)34)14-3-7-16(8-4-14)28-20-25-11-22-12-26-20/h1-12H,(H,29,30,31)(H,32,33,34)(H,21,23,24,27)(H,22,25,26,28). The van der Waals surface area contributed by atoms with E-state index in [0.717, 1.165) is 0 Å². The van der Waals surface area contributed by atoms with Crippen molar-refractivity contribution in [3.05, 3.63) is 85.0 Å². The Morgan fingerprint density at radius 3 is 1.14 bits per heavy atom. The van der Waals surface area contributed by atoms with E-state index >= 15 is 0 Å². The molecule has 4 aromatic rings. The summed E-state index contributed by atoms with van der Waals surface area (Å²) in [6.45, 7) is 0. The van der Waals surface area contributed by atoms with Crippen molar-refractivity contribution in [3.63, 3.8) is 0 Å². The number of rotatable bonds is 8. The molecule has 4 rings (SSSR count). The average molecular weight is 529 g/mol. The van der Waals surface area contributed by atoms with E-state index in [9.17, 15) is 25.9 Å². The minimum absolute atomic E-state index is 0.196. The highest BCUT2D eigenvalue weighted by molar-refractivity contribution is 8.01. The van der Waals surface area contributed by atoms with E-state index in [1.807, 2.05) is 0 Å². The molecule has 2 heterocycles. The van der Waals surface area contributed by atoms with Crippen LogP contribution in [0.3, 0.4) is 0 Å². The maximum absolute atomic E-state index is 12.3. The second-order valence-electron chi connectivity index (χ2n) is 6.94. The van der Waals surface area contributed by atoms with Crippen molar-refractivity contribution in [3.8, 4) is 0 Å². The smallest absolute Gasteiger partial charge is 0.296 e. The summed E-state index contributed by atoms with van der Waals surface area (Å²) in [6, 6.07) is 10.6. The molecule has 0 atom stereocenters. The Labute approximate surface area is 204 Å². The molecule has 36 heavy (non-hydrogen) atoms. The van der Waals surface area contributed by atoms with Gasteiger partial charge in [0.15, 0.2) is 0 Å². The molecule has 0 aliphatic rings. The number of aromatic nitrogens is 6. The summed E-state index contributed by atoms with van der Waals surface area (Å²) in [5.41, 5.74) is 0.473. The average Bonchev–Trinajstić information content (AvgIpc) is 2.84. The van der Waals surface area contributed by atoms with Gasteiger partial charge in [-0.15, -0.1) is 0 Å². The van der Waals surface area contributed by atoms with Gasteiger partial charge in [-0.05, 0) is 35.4 Å². The molecule has 2 aromatic heterocycles. The molecule has 184 valence electrons. The van der Waals surface area contributed by atoms with Crippen LogP contribution in [0.5, 0.6) is 0 Å². The summed E-state index contributed by atoms with van der Waals surface area (Å²) in [5, 5.41) is 5.69. The third-order valence-corrected chi connectivity index (χ3v) is 6.56. The molecule has 0 radical (unpaired) electrons. The highest BCUT2D eigenvalue weighted by Gasteiger charge is 2.30. The molecule has 0 aliphatic heterocycles. The number of nitrogens with one attached hydrogen (secondary N) is 2. The molecule has 0 aliphatic carbocycles. The van der Waals surface area contributed by atoms with Crippen LogP contribution in [-0.4, -0.2) is 55.8 Å². The molecular formula is C20H16N8O6S2. The van der Waals surface area contributed by atoms with Crippen molar-refractivity contribution in [2.45, 2.75) is 0 Å². The van der Waals surface area contributed by atoms with E-state index in [4.69, 9.17) is 0 Å². The Kier molecular flexibility index (Phi) is 6.93. The van der Waals surface area contributed by atoms with Gasteiger partial charge in [0.1, 0.15) is 35.1 Å². The zero-order valence-corrected chi connectivity index (χ0v) is 19.6. The monoisotopic (exact) mass is 528 g/mol. The van der Waals surface area contributed by atoms with Crippen LogP contribution in [0.15, 0.2) is 73.8 Å². The van der Waals surface area contributed by atoms with E-state index < -0.39 is 30.0 Å². The Bertz CT molecular complexity index is 1480. The van der Waals surface area contributed by atoms with Crippen LogP contribution in [0.1, 0.15) is 11.1 Å². The van der Waals surface area contributed by atoms with Crippen molar-refractivity contribution < 1.29 is 25.9 Å². The van der Waals surface area contributed by atoms with Crippen molar-refractivity contribution in [2.24, 2.45) is 0 Å². The highest BCUT2D eigenvalue weighted by atomic mass is 32.2. The highest BCUT2D eigenvalue weighted by Crippen LogP contribution is 2.35. The number of benzene rings is 2. The minimum atomic E-state index is -5.13. The maximum Gasteiger partial charge on any atom is 0.296 e. The van der Waals surface area contributed by atoms with E-state index in [0.29, 0.717) is 11.4 Å². The molecule has 0 spiro atoms. The van der Waals surface area contributed by atoms with Gasteiger partial charge < -0.3 is 10.6 Å². The third kappa shape index (κ3) is 5.99. The van der Waals surface area contributed by atoms with Crippen LogP contribution >= 0.6 is 0 Å². The molecule has 14 nitrogen and oxygen atoms in total. The van der Waals surface area contributed by atoms with Gasteiger partial charge in [-0.1, -0.05) is 24.3 Å². The number of hydrogen-bond acceptors (Lipinski definition) is 12. The van der Waals surface area contributed by atoms with Crippen molar-refractivity contribution in [2.75, 3.05) is 10.6 Å². The summed E-state index contributed by atoms with van der Waals surface area (Å²) in [5.74, 6) is 0.431. The Hall–Kier alpha value is -4.38. The van der Waals surface area contributed by atoms with E-state index in [2.05, 4.69) is 40.5 Å². The van der Waals surface area contributed by atoms with Crippen LogP contribution in [0, 0.1) is 0 Å². The van der Waals surface area contributed by atoms with Gasteiger partial charge in [0.05, 0.1) is 0 Å². The summed E-state index contributed by atoms with van der Waals surface area (Å²) < 4.78 is 69.2. The van der Waals surface area contributed by atoms with Crippen molar-refractivity contribution >= 4 is 53.3 Å². The van der Waals surface area contributed by atoms with Crippen LogP contribution in [0.2, 0.25) is 0 Å². The van der Waals surface area contributed by atoms with Crippen LogP contribution in [-0.2, 0) is 20.2 Å². The minimum Gasteiger partial charge on any atom is -0.324 e. The second kappa shape index (κ2) is 10.1. The molecule has 4 N–H and O–H groups in total. The lowest BCUT2D eigenvalue weighted by molar-refractivity contribution is 0.491. The van der Waals surface area contributed by atoms with Gasteiger partial charge in [-0.3, -0.25) is 9.11 Å². The van der Waals surface area contributed by atoms with Gasteiger partial charge >= 0.3 is 0 Å². The van der Waals surface area contributed by atoms with Gasteiger partial charge in [0, 0.05) is 11.4 Å². The molecule has 0 unspecified atom stereocenters. The molecule has 0 fully saturated rings. The van der Waals surface area contributed by atoms with E-state index in [1.165, 1.54) is 73.8 Å². The predicted molar refractivity (Wildman–Crippen MR) is 129 cm³/mol. The fourth-order valence-corrected chi connectivity index (χ4v) is 5.27. The summed E-state index contributed by atoms with van der Waals surface area (Å²) in [4.78, 5) is 21.0. The topological polar surface area (TPSA) is 210 Å². The number of nitrogens with zero attached hydrogens (tertiary/aromatic N) is 6. The first-order chi connectivity index (χ1) is 17.1. The lowest BCUT2D eigenvalue weighted by atomic mass is 10.1. The first kappa shape index (κ1) is 24.7. The first-order valence-electron chi connectivity index (χ1n) is 9.79. The molecule has 0 amide bonds. The molecule has 0 saturated carbocycles. The zero-order chi connectivity index (χ0) is 25.8. The zero-order valence-electron chi connectivity index (χ0n) is 18.0. The molecular weight excluding hydrogens is 512 g/mol. The Morgan fingerprint density at radius 2 is 0.861 bits per heavy atom. The second-order valence-corrected chi connectivity index (χ2v) is 9.65. The Morgan fingerprint density at radius 1 is 0.556 bits per heavy atom. The number of anilines is 4. The Balaban J connectivity index is 1.76. The summed E-state index contributed by atoms with van der Waals surface area (Å²) in [7, 11) is -10.3. The maximum atomic E-state index is 12.3. The third-order valence-electron chi connectivity index (χ3n) is 4.52. The summed E-state index contributed by atoms with van der Waals surface area (Å²) in [6.07, 6.45) is 5.08. The molecule has 0 bridgehead atoms. The lowest BCUT2D eigenvalue weighted by Crippen LogP contribution is -2.11. The lowest BCUT2D eigenvalue weighted by Gasteiger charge is -2.13. The molecule has 2 aromatic carbocycles. The normalized spacial score (nSPS) is 12.5. The summed E-state index contributed by atoms with van der Waals surface area (Å²) >= 11 is 0. The van der Waals surface area contributed by atoms with Gasteiger partial charge in [0.2, 0.25) is 11.9 Å². The van der Waals surface area contributed by atoms with Crippen LogP contribution < -0.4 is 10.6 Å². The van der Waals surface area contributed by atoms with Gasteiger partial charge in [-0.25, -0.2) is 29.9 Å². The first-order valence-corrected chi connectivity index (χ1v) is 12.7. The van der Waals surface area contributed by atoms with Crippen molar-refractivity contribution in [1.82, 2.24) is 29.9 Å². The largest absolute Gasteiger partial charge is 0.324 e. The number of hydrogen-bond donors (Lipinski definition) is 4. The van der Waals surface area contributed by atoms with Crippen molar-refractivity contribution in [1.29, 1.82) is 0 Å². The molecule has 0 saturated heterocycles. The quantitative estimate of drug-likeness (QED) is 0.191. The van der Waals surface area contributed by atoms with Crippen LogP contribution in [0.4, 0.5) is 23.3 Å². The fourth-order valence-electron chi connectivity index (χ4n) is 3.07.